The van der Waals surface area contributed by atoms with Crippen LogP contribution in [0.25, 0.3) is 0 Å². The second-order valence-corrected chi connectivity index (χ2v) is 6.00. The van der Waals surface area contributed by atoms with Gasteiger partial charge in [0.1, 0.15) is 0 Å². The van der Waals surface area contributed by atoms with Crippen molar-refractivity contribution in [1.29, 1.82) is 0 Å². The molecule has 0 unspecified atom stereocenters. The van der Waals surface area contributed by atoms with Crippen LogP contribution in [-0.2, 0) is 0 Å². The van der Waals surface area contributed by atoms with Crippen molar-refractivity contribution in [2.75, 3.05) is 5.01 Å². The van der Waals surface area contributed by atoms with Crippen molar-refractivity contribution in [3.63, 3.8) is 0 Å². The fourth-order valence-electron chi connectivity index (χ4n) is 3.13. The van der Waals surface area contributed by atoms with Crippen molar-refractivity contribution in [2.24, 2.45) is 5.92 Å². The molecule has 0 heterocycles. The molecule has 2 aromatic carbocycles. The van der Waals surface area contributed by atoms with Crippen molar-refractivity contribution in [3.05, 3.63) is 60.7 Å². The van der Waals surface area contributed by atoms with E-state index in [1.807, 2.05) is 0 Å². The summed E-state index contributed by atoms with van der Waals surface area (Å²) in [5, 5.41) is 2.24. The number of hydrazine groups is 1. The second-order valence-electron chi connectivity index (χ2n) is 6.00. The van der Waals surface area contributed by atoms with Crippen LogP contribution >= 0.6 is 0 Å². The van der Waals surface area contributed by atoms with Gasteiger partial charge in [0.25, 0.3) is 0 Å². The summed E-state index contributed by atoms with van der Waals surface area (Å²) in [5.41, 5.74) is 6.16. The SMILES string of the molecule is C[C@H]1CCCC[C@@H]1NN(c1ccccc1)c1ccccc1. The van der Waals surface area contributed by atoms with Crippen LogP contribution < -0.4 is 10.4 Å². The Morgan fingerprint density at radius 2 is 1.33 bits per heavy atom. The lowest BCUT2D eigenvalue weighted by Gasteiger charge is -2.36. The molecule has 2 aromatic rings. The Kier molecular flexibility index (Phi) is 4.56. The normalized spacial score (nSPS) is 22.0. The zero-order valence-electron chi connectivity index (χ0n) is 12.7. The lowest BCUT2D eigenvalue weighted by atomic mass is 9.86. The average molecular weight is 280 g/mol. The fraction of sp³-hybridized carbons (Fsp3) is 0.368. The van der Waals surface area contributed by atoms with Gasteiger partial charge < -0.3 is 0 Å². The highest BCUT2D eigenvalue weighted by Crippen LogP contribution is 2.28. The van der Waals surface area contributed by atoms with E-state index in [0.29, 0.717) is 6.04 Å². The highest BCUT2D eigenvalue weighted by atomic mass is 15.5. The van der Waals surface area contributed by atoms with Crippen LogP contribution in [0, 0.1) is 5.92 Å². The van der Waals surface area contributed by atoms with Crippen LogP contribution in [0.2, 0.25) is 0 Å². The number of hydrogen-bond donors (Lipinski definition) is 1. The first-order chi connectivity index (χ1) is 10.3. The lowest BCUT2D eigenvalue weighted by Crippen LogP contribution is -2.46. The van der Waals surface area contributed by atoms with Crippen molar-refractivity contribution in [1.82, 2.24) is 5.43 Å². The molecule has 2 heteroatoms. The number of benzene rings is 2. The topological polar surface area (TPSA) is 15.3 Å². The quantitative estimate of drug-likeness (QED) is 0.801. The first-order valence-electron chi connectivity index (χ1n) is 8.01. The van der Waals surface area contributed by atoms with Gasteiger partial charge in [0, 0.05) is 6.04 Å². The highest BCUT2D eigenvalue weighted by Gasteiger charge is 2.23. The zero-order chi connectivity index (χ0) is 14.5. The van der Waals surface area contributed by atoms with Crippen molar-refractivity contribution in [2.45, 2.75) is 38.6 Å². The molecule has 0 amide bonds. The fourth-order valence-corrected chi connectivity index (χ4v) is 3.13. The van der Waals surface area contributed by atoms with Crippen LogP contribution in [-0.4, -0.2) is 6.04 Å². The molecule has 0 saturated heterocycles. The number of hydrogen-bond acceptors (Lipinski definition) is 2. The Balaban J connectivity index is 1.86. The molecular formula is C19H24N2. The Hall–Kier alpha value is -1.80. The molecule has 3 rings (SSSR count). The summed E-state index contributed by atoms with van der Waals surface area (Å²) in [6, 6.07) is 21.7. The number of nitrogens with zero attached hydrogens (tertiary/aromatic N) is 1. The predicted molar refractivity (Wildman–Crippen MR) is 89.6 cm³/mol. The van der Waals surface area contributed by atoms with Crippen LogP contribution in [0.5, 0.6) is 0 Å². The summed E-state index contributed by atoms with van der Waals surface area (Å²) >= 11 is 0. The maximum absolute atomic E-state index is 3.77. The van der Waals surface area contributed by atoms with E-state index >= 15 is 0 Å². The number of anilines is 2. The van der Waals surface area contributed by atoms with E-state index in [1.165, 1.54) is 37.1 Å². The Bertz CT molecular complexity index is 499. The molecule has 1 aliphatic carbocycles. The maximum atomic E-state index is 3.77. The molecule has 1 fully saturated rings. The van der Waals surface area contributed by atoms with Gasteiger partial charge in [-0.1, -0.05) is 56.2 Å². The van der Waals surface area contributed by atoms with Gasteiger partial charge in [0.15, 0.2) is 0 Å². The molecular weight excluding hydrogens is 256 g/mol. The van der Waals surface area contributed by atoms with Crippen molar-refractivity contribution >= 4 is 11.4 Å². The van der Waals surface area contributed by atoms with E-state index in [2.05, 4.69) is 78.0 Å². The van der Waals surface area contributed by atoms with Gasteiger partial charge in [-0.05, 0) is 43.0 Å². The number of para-hydroxylation sites is 2. The van der Waals surface area contributed by atoms with Gasteiger partial charge in [-0.3, -0.25) is 5.01 Å². The molecule has 0 aromatic heterocycles. The van der Waals surface area contributed by atoms with Gasteiger partial charge in [-0.2, -0.15) is 0 Å². The summed E-state index contributed by atoms with van der Waals surface area (Å²) in [6.07, 6.45) is 5.29. The Morgan fingerprint density at radius 1 is 0.810 bits per heavy atom. The molecule has 2 nitrogen and oxygen atoms in total. The van der Waals surface area contributed by atoms with Crippen LogP contribution in [0.15, 0.2) is 60.7 Å². The molecule has 2 atom stereocenters. The monoisotopic (exact) mass is 280 g/mol. The highest BCUT2D eigenvalue weighted by molar-refractivity contribution is 5.61. The maximum Gasteiger partial charge on any atom is 0.0577 e. The third-order valence-electron chi connectivity index (χ3n) is 4.44. The van der Waals surface area contributed by atoms with E-state index in [4.69, 9.17) is 0 Å². The smallest absolute Gasteiger partial charge is 0.0577 e. The molecule has 0 bridgehead atoms. The molecule has 1 saturated carbocycles. The lowest BCUT2D eigenvalue weighted by molar-refractivity contribution is 0.282. The minimum atomic E-state index is 0.555. The molecule has 21 heavy (non-hydrogen) atoms. The average Bonchev–Trinajstić information content (AvgIpc) is 2.56. The molecule has 1 aliphatic rings. The zero-order valence-corrected chi connectivity index (χ0v) is 12.7. The first kappa shape index (κ1) is 14.2. The molecule has 1 N–H and O–H groups in total. The van der Waals surface area contributed by atoms with Crippen LogP contribution in [0.4, 0.5) is 11.4 Å². The van der Waals surface area contributed by atoms with E-state index < -0.39 is 0 Å². The number of rotatable bonds is 4. The van der Waals surface area contributed by atoms with Gasteiger partial charge in [-0.25, -0.2) is 5.43 Å². The minimum absolute atomic E-state index is 0.555. The second kappa shape index (κ2) is 6.77. The summed E-state index contributed by atoms with van der Waals surface area (Å²) in [5.74, 6) is 0.730. The Morgan fingerprint density at radius 3 is 1.86 bits per heavy atom. The van der Waals surface area contributed by atoms with Gasteiger partial charge in [0.2, 0.25) is 0 Å². The van der Waals surface area contributed by atoms with Gasteiger partial charge in [0.05, 0.1) is 11.4 Å². The molecule has 110 valence electrons. The van der Waals surface area contributed by atoms with E-state index in [0.717, 1.165) is 5.92 Å². The van der Waals surface area contributed by atoms with E-state index in [9.17, 15) is 0 Å². The number of nitrogens with one attached hydrogen (secondary N) is 1. The van der Waals surface area contributed by atoms with Crippen molar-refractivity contribution in [3.8, 4) is 0 Å². The largest absolute Gasteiger partial charge is 0.277 e. The third-order valence-corrected chi connectivity index (χ3v) is 4.44. The van der Waals surface area contributed by atoms with Crippen molar-refractivity contribution < 1.29 is 0 Å². The van der Waals surface area contributed by atoms with Crippen LogP contribution in [0.3, 0.4) is 0 Å². The van der Waals surface area contributed by atoms with E-state index in [1.54, 1.807) is 0 Å². The van der Waals surface area contributed by atoms with Crippen LogP contribution in [0.1, 0.15) is 32.6 Å². The molecule has 0 spiro atoms. The Labute approximate surface area is 127 Å². The summed E-state index contributed by atoms with van der Waals surface area (Å²) in [6.45, 7) is 2.37. The molecule has 0 radical (unpaired) electrons. The first-order valence-corrected chi connectivity index (χ1v) is 8.01. The predicted octanol–water partition coefficient (Wildman–Crippen LogP) is 4.91. The van der Waals surface area contributed by atoms with Gasteiger partial charge in [-0.15, -0.1) is 0 Å². The minimum Gasteiger partial charge on any atom is -0.277 e. The third kappa shape index (κ3) is 3.45. The summed E-state index contributed by atoms with van der Waals surface area (Å²) in [4.78, 5) is 0. The standard InChI is InChI=1S/C19H24N2/c1-16-10-8-9-15-19(16)20-21(17-11-4-2-5-12-17)18-13-6-3-7-14-18/h2-7,11-14,16,19-20H,8-10,15H2,1H3/t16-,19-/m0/s1. The summed E-state index contributed by atoms with van der Waals surface area (Å²) < 4.78 is 0. The molecule has 0 aliphatic heterocycles. The summed E-state index contributed by atoms with van der Waals surface area (Å²) in [7, 11) is 0. The van der Waals surface area contributed by atoms with E-state index in [-0.39, 0.29) is 0 Å². The van der Waals surface area contributed by atoms with Gasteiger partial charge >= 0.3 is 0 Å².